The number of aliphatic hydroxyl groups excluding tert-OH is 1. The number of para-hydroxylation sites is 1. The molecule has 0 bridgehead atoms. The minimum Gasteiger partial charge on any atom is -0.489 e. The average Bonchev–Trinajstić information content (AvgIpc) is 3.45. The Hall–Kier alpha value is -3.73. The van der Waals surface area contributed by atoms with Crippen LogP contribution in [0.25, 0.3) is 0 Å². The SMILES string of the molecule is CC(C)(C)N1C[C@@H](Oc2ccccc2)CC1C(=O)NC[C@@H](O)C[C@H](Cc1ccccc1)C(=O)N[C@@H]1CS(=O)(=O)Cc2ccccc21. The normalized spacial score (nSPS) is 22.3. The molecule has 0 aliphatic carbocycles. The molecule has 246 valence electrons. The second-order valence-corrected chi connectivity index (χ2v) is 15.6. The maximum Gasteiger partial charge on any atom is 0.237 e. The van der Waals surface area contributed by atoms with Crippen molar-refractivity contribution in [1.29, 1.82) is 0 Å². The lowest BCUT2D eigenvalue weighted by atomic mass is 9.91. The molecule has 0 spiro atoms. The summed E-state index contributed by atoms with van der Waals surface area (Å²) in [5, 5.41) is 17.0. The molecule has 1 saturated heterocycles. The van der Waals surface area contributed by atoms with Crippen LogP contribution >= 0.6 is 0 Å². The number of nitrogens with one attached hydrogen (secondary N) is 2. The second kappa shape index (κ2) is 14.4. The van der Waals surface area contributed by atoms with Gasteiger partial charge in [-0.2, -0.15) is 0 Å². The third kappa shape index (κ3) is 8.74. The Bertz CT molecular complexity index is 1590. The number of hydrogen-bond donors (Lipinski definition) is 3. The zero-order chi connectivity index (χ0) is 32.9. The van der Waals surface area contributed by atoms with Gasteiger partial charge in [0.2, 0.25) is 11.8 Å². The van der Waals surface area contributed by atoms with E-state index < -0.39 is 33.9 Å². The molecule has 0 aromatic heterocycles. The van der Waals surface area contributed by atoms with Crippen molar-refractivity contribution in [2.45, 2.75) is 75.6 Å². The Balaban J connectivity index is 1.24. The van der Waals surface area contributed by atoms with Gasteiger partial charge in [-0.3, -0.25) is 14.5 Å². The number of sulfone groups is 1. The molecule has 2 aliphatic rings. The number of nitrogens with zero attached hydrogens (tertiary/aromatic N) is 1. The van der Waals surface area contributed by atoms with Crippen LogP contribution in [0, 0.1) is 5.92 Å². The van der Waals surface area contributed by atoms with Crippen LogP contribution < -0.4 is 15.4 Å². The Morgan fingerprint density at radius 3 is 2.33 bits per heavy atom. The van der Waals surface area contributed by atoms with E-state index in [0.717, 1.165) is 16.9 Å². The summed E-state index contributed by atoms with van der Waals surface area (Å²) in [7, 11) is -3.39. The van der Waals surface area contributed by atoms with Crippen molar-refractivity contribution in [2.24, 2.45) is 5.92 Å². The molecule has 1 fully saturated rings. The van der Waals surface area contributed by atoms with Gasteiger partial charge in [-0.05, 0) is 62.4 Å². The van der Waals surface area contributed by atoms with Crippen LogP contribution in [-0.4, -0.2) is 72.9 Å². The minimum atomic E-state index is -3.39. The maximum absolute atomic E-state index is 13.7. The molecule has 2 aliphatic heterocycles. The first-order chi connectivity index (χ1) is 21.9. The zero-order valence-corrected chi connectivity index (χ0v) is 27.6. The van der Waals surface area contributed by atoms with Crippen LogP contribution in [-0.2, 0) is 31.6 Å². The smallest absolute Gasteiger partial charge is 0.237 e. The van der Waals surface area contributed by atoms with E-state index in [1.54, 1.807) is 12.1 Å². The lowest BCUT2D eigenvalue weighted by molar-refractivity contribution is -0.127. The molecule has 3 aromatic rings. The van der Waals surface area contributed by atoms with Crippen molar-refractivity contribution in [1.82, 2.24) is 15.5 Å². The highest BCUT2D eigenvalue weighted by Crippen LogP contribution is 2.31. The fourth-order valence-corrected chi connectivity index (χ4v) is 8.17. The van der Waals surface area contributed by atoms with Gasteiger partial charge in [0.25, 0.3) is 0 Å². The van der Waals surface area contributed by atoms with Crippen molar-refractivity contribution in [3.8, 4) is 5.75 Å². The molecule has 0 radical (unpaired) electrons. The number of rotatable bonds is 11. The third-order valence-corrected chi connectivity index (χ3v) is 10.4. The summed E-state index contributed by atoms with van der Waals surface area (Å²) in [6.07, 6.45) is -0.187. The van der Waals surface area contributed by atoms with Crippen LogP contribution in [0.4, 0.5) is 0 Å². The number of hydrogen-bond acceptors (Lipinski definition) is 7. The summed E-state index contributed by atoms with van der Waals surface area (Å²) in [5.74, 6) is -0.633. The largest absolute Gasteiger partial charge is 0.489 e. The molecule has 2 heterocycles. The number of fused-ring (bicyclic) bond motifs is 1. The number of ether oxygens (including phenoxy) is 1. The highest BCUT2D eigenvalue weighted by molar-refractivity contribution is 7.90. The highest BCUT2D eigenvalue weighted by atomic mass is 32.2. The van der Waals surface area contributed by atoms with Crippen LogP contribution in [0.2, 0.25) is 0 Å². The van der Waals surface area contributed by atoms with Gasteiger partial charge in [0.15, 0.2) is 9.84 Å². The van der Waals surface area contributed by atoms with Gasteiger partial charge >= 0.3 is 0 Å². The number of aliphatic hydroxyl groups is 1. The first-order valence-corrected chi connectivity index (χ1v) is 17.8. The van der Waals surface area contributed by atoms with Crippen LogP contribution in [0.5, 0.6) is 5.75 Å². The fourth-order valence-electron chi connectivity index (χ4n) is 6.55. The van der Waals surface area contributed by atoms with E-state index in [1.165, 1.54) is 0 Å². The van der Waals surface area contributed by atoms with Gasteiger partial charge in [-0.25, -0.2) is 8.42 Å². The average molecular weight is 648 g/mol. The van der Waals surface area contributed by atoms with Gasteiger partial charge < -0.3 is 20.5 Å². The topological polar surface area (TPSA) is 125 Å². The highest BCUT2D eigenvalue weighted by Gasteiger charge is 2.43. The Morgan fingerprint density at radius 1 is 0.978 bits per heavy atom. The van der Waals surface area contributed by atoms with Gasteiger partial charge in [-0.1, -0.05) is 72.8 Å². The second-order valence-electron chi connectivity index (χ2n) is 13.5. The molecule has 1 unspecified atom stereocenters. The number of benzene rings is 3. The standard InChI is InChI=1S/C36H45N3O6S/c1-36(2,3)39-22-30(45-29-15-8-5-9-16-29)20-33(39)35(42)37-21-28(40)19-27(18-25-12-6-4-7-13-25)34(41)38-32-24-46(43,44)23-26-14-10-11-17-31(26)32/h4-17,27-28,30,32-33,40H,18-24H2,1-3H3,(H,37,42)(H,38,41)/t27-,28-,30-,32+,33?/m0/s1. The Kier molecular flexibility index (Phi) is 10.5. The molecule has 10 heteroatoms. The molecular weight excluding hydrogens is 602 g/mol. The fraction of sp³-hybridized carbons (Fsp3) is 0.444. The van der Waals surface area contributed by atoms with E-state index in [9.17, 15) is 23.1 Å². The van der Waals surface area contributed by atoms with Crippen LogP contribution in [0.1, 0.15) is 56.3 Å². The predicted octanol–water partition coefficient (Wildman–Crippen LogP) is 3.82. The number of likely N-dealkylation sites (tertiary alicyclic amines) is 1. The number of amides is 2. The van der Waals surface area contributed by atoms with Crippen molar-refractivity contribution in [2.75, 3.05) is 18.8 Å². The molecule has 3 N–H and O–H groups in total. The van der Waals surface area contributed by atoms with Crippen LogP contribution in [0.15, 0.2) is 84.9 Å². The summed E-state index contributed by atoms with van der Waals surface area (Å²) < 4.78 is 31.5. The van der Waals surface area contributed by atoms with E-state index in [-0.39, 0.29) is 47.9 Å². The van der Waals surface area contributed by atoms with E-state index >= 15 is 0 Å². The summed E-state index contributed by atoms with van der Waals surface area (Å²) in [6.45, 7) is 6.77. The van der Waals surface area contributed by atoms with Crippen molar-refractivity contribution >= 4 is 21.7 Å². The third-order valence-electron chi connectivity index (χ3n) is 8.78. The van der Waals surface area contributed by atoms with Gasteiger partial charge in [0, 0.05) is 31.0 Å². The monoisotopic (exact) mass is 647 g/mol. The van der Waals surface area contributed by atoms with Gasteiger partial charge in [-0.15, -0.1) is 0 Å². The zero-order valence-electron chi connectivity index (χ0n) is 26.8. The summed E-state index contributed by atoms with van der Waals surface area (Å²) >= 11 is 0. The summed E-state index contributed by atoms with van der Waals surface area (Å²) in [5.41, 5.74) is 2.13. The lowest BCUT2D eigenvalue weighted by Gasteiger charge is -2.36. The molecule has 3 aromatic carbocycles. The quantitative estimate of drug-likeness (QED) is 0.289. The molecule has 46 heavy (non-hydrogen) atoms. The molecule has 2 amide bonds. The van der Waals surface area contributed by atoms with E-state index in [2.05, 4.69) is 36.3 Å². The van der Waals surface area contributed by atoms with Crippen molar-refractivity contribution < 1.29 is 27.9 Å². The number of carbonyl (C=O) groups is 2. The predicted molar refractivity (Wildman–Crippen MR) is 178 cm³/mol. The van der Waals surface area contributed by atoms with Gasteiger partial charge in [0.1, 0.15) is 11.9 Å². The van der Waals surface area contributed by atoms with Gasteiger partial charge in [0.05, 0.1) is 29.7 Å². The minimum absolute atomic E-state index is 0.0171. The van der Waals surface area contributed by atoms with E-state index in [1.807, 2.05) is 72.8 Å². The van der Waals surface area contributed by atoms with Crippen molar-refractivity contribution in [3.63, 3.8) is 0 Å². The summed E-state index contributed by atoms with van der Waals surface area (Å²) in [6, 6.07) is 25.2. The lowest BCUT2D eigenvalue weighted by Crippen LogP contribution is -2.52. The summed E-state index contributed by atoms with van der Waals surface area (Å²) in [4.78, 5) is 29.4. The Labute approximate surface area is 272 Å². The first-order valence-electron chi connectivity index (χ1n) is 15.9. The molecule has 9 nitrogen and oxygen atoms in total. The molecular formula is C36H45N3O6S. The molecule has 5 rings (SSSR count). The molecule has 5 atom stereocenters. The molecule has 0 saturated carbocycles. The maximum atomic E-state index is 13.7. The van der Waals surface area contributed by atoms with Crippen molar-refractivity contribution in [3.05, 3.63) is 102 Å². The Morgan fingerprint density at radius 2 is 1.63 bits per heavy atom. The van der Waals surface area contributed by atoms with E-state index in [0.29, 0.717) is 24.9 Å². The van der Waals surface area contributed by atoms with E-state index in [4.69, 9.17) is 4.74 Å². The van der Waals surface area contributed by atoms with Crippen LogP contribution in [0.3, 0.4) is 0 Å². The first kappa shape index (κ1) is 33.6. The number of carbonyl (C=O) groups excluding carboxylic acids is 2.